The number of likely N-dealkylation sites (N-methyl/N-ethyl adjacent to an activating group) is 1. The Labute approximate surface area is 303 Å². The van der Waals surface area contributed by atoms with Crippen LogP contribution in [0.15, 0.2) is 30.3 Å². The van der Waals surface area contributed by atoms with Gasteiger partial charge in [0.15, 0.2) is 0 Å². The Balaban J connectivity index is 1.71. The summed E-state index contributed by atoms with van der Waals surface area (Å²) < 4.78 is 35.0. The van der Waals surface area contributed by atoms with E-state index in [0.717, 1.165) is 24.2 Å². The molecule has 14 nitrogen and oxygen atoms in total. The van der Waals surface area contributed by atoms with Gasteiger partial charge in [-0.05, 0) is 36.7 Å². The van der Waals surface area contributed by atoms with E-state index in [4.69, 9.17) is 4.74 Å². The highest BCUT2D eigenvalue weighted by atomic mass is 19.3. The van der Waals surface area contributed by atoms with Crippen LogP contribution in [-0.2, 0) is 33.5 Å². The van der Waals surface area contributed by atoms with E-state index in [9.17, 15) is 42.3 Å². The summed E-state index contributed by atoms with van der Waals surface area (Å²) >= 11 is 0. The van der Waals surface area contributed by atoms with Gasteiger partial charge in [0.1, 0.15) is 18.1 Å². The lowest BCUT2D eigenvalue weighted by atomic mass is 9.83. The zero-order valence-corrected chi connectivity index (χ0v) is 30.5. The molecule has 4 atom stereocenters. The molecule has 2 fully saturated rings. The minimum absolute atomic E-state index is 0.0173. The maximum absolute atomic E-state index is 14.9. The fourth-order valence-corrected chi connectivity index (χ4v) is 6.36. The van der Waals surface area contributed by atoms with Gasteiger partial charge in [-0.1, -0.05) is 76.8 Å². The van der Waals surface area contributed by atoms with Crippen molar-refractivity contribution in [2.45, 2.75) is 102 Å². The number of Topliss-reactive ketones (excluding diaryl/α,β-unsaturated/α-hetero) is 1. The van der Waals surface area contributed by atoms with Gasteiger partial charge in [0.05, 0.1) is 25.7 Å². The molecule has 1 saturated carbocycles. The number of alkyl halides is 2. The number of likely N-dealkylation sites (tertiary alicyclic amines) is 1. The predicted molar refractivity (Wildman–Crippen MR) is 186 cm³/mol. The molecule has 1 saturated heterocycles. The molecule has 0 aromatic heterocycles. The van der Waals surface area contributed by atoms with Gasteiger partial charge >= 0.3 is 6.09 Å². The van der Waals surface area contributed by atoms with E-state index >= 15 is 0 Å². The van der Waals surface area contributed by atoms with Crippen molar-refractivity contribution < 1.29 is 47.1 Å². The van der Waals surface area contributed by atoms with Crippen molar-refractivity contribution in [2.75, 3.05) is 33.8 Å². The average Bonchev–Trinajstić information content (AvgIpc) is 3.45. The van der Waals surface area contributed by atoms with Crippen molar-refractivity contribution in [1.29, 1.82) is 0 Å². The first kappa shape index (κ1) is 41.8. The summed E-state index contributed by atoms with van der Waals surface area (Å²) in [5.41, 5.74) is 0.500. The molecule has 288 valence electrons. The molecule has 1 heterocycles. The van der Waals surface area contributed by atoms with Crippen molar-refractivity contribution in [3.8, 4) is 0 Å². The lowest BCUT2D eigenvalue weighted by molar-refractivity contribution is -0.143. The predicted octanol–water partition coefficient (Wildman–Crippen LogP) is 2.47. The van der Waals surface area contributed by atoms with Gasteiger partial charge in [0.2, 0.25) is 29.4 Å². The smallest absolute Gasteiger partial charge is 0.407 e. The monoisotopic (exact) mass is 734 g/mol. The number of nitrogens with one attached hydrogen (secondary N) is 4. The van der Waals surface area contributed by atoms with Crippen LogP contribution in [0.3, 0.4) is 0 Å². The number of benzene rings is 1. The highest BCUT2D eigenvalue weighted by Gasteiger charge is 2.52. The fourth-order valence-electron chi connectivity index (χ4n) is 6.36. The Morgan fingerprint density at radius 3 is 2.21 bits per heavy atom. The number of carbonyl (C=O) groups excluding carboxylic acids is 7. The molecule has 1 aromatic carbocycles. The number of rotatable bonds is 16. The minimum atomic E-state index is -3.44. The maximum Gasteiger partial charge on any atom is 0.407 e. The lowest BCUT2D eigenvalue weighted by Crippen LogP contribution is -2.58. The second-order valence-corrected chi connectivity index (χ2v) is 14.1. The fraction of sp³-hybridized carbons (Fsp3) is 0.639. The molecule has 3 rings (SSSR count). The lowest BCUT2D eigenvalue weighted by Gasteiger charge is -2.34. The van der Waals surface area contributed by atoms with Crippen LogP contribution in [0.4, 0.5) is 13.6 Å². The minimum Gasteiger partial charge on any atom is -0.449 e. The van der Waals surface area contributed by atoms with Gasteiger partial charge in [-0.15, -0.1) is 0 Å². The van der Waals surface area contributed by atoms with Gasteiger partial charge in [-0.3, -0.25) is 28.8 Å². The molecular formula is C36H52F2N6O8. The number of carbonyl (C=O) groups is 7. The second kappa shape index (κ2) is 19.3. The molecule has 1 aliphatic heterocycles. The van der Waals surface area contributed by atoms with E-state index < -0.39 is 91.0 Å². The molecule has 1 aliphatic carbocycles. The van der Waals surface area contributed by atoms with E-state index in [0.29, 0.717) is 24.8 Å². The first-order valence-corrected chi connectivity index (χ1v) is 17.8. The molecular weight excluding hydrogens is 682 g/mol. The van der Waals surface area contributed by atoms with Crippen LogP contribution in [0.25, 0.3) is 0 Å². The molecule has 6 amide bonds. The summed E-state index contributed by atoms with van der Waals surface area (Å²) in [5, 5.41) is 9.70. The third-order valence-corrected chi connectivity index (χ3v) is 9.03. The number of alkyl carbamates (subject to hydrolysis) is 1. The molecule has 52 heavy (non-hydrogen) atoms. The van der Waals surface area contributed by atoms with Crippen molar-refractivity contribution in [2.24, 2.45) is 11.8 Å². The number of hydrogen-bond acceptors (Lipinski definition) is 8. The SMILES string of the molecule is CCCC(NC(=O)[C@@H]1CC(F)(F)CN1C(=O)[C@@H](NC(=O)OCC(C)C)C1CCCCC1)C(=O)C(=O)NCC(=O)N[C@H](C(=O)N(C)C)c1ccccc1. The molecule has 0 bridgehead atoms. The summed E-state index contributed by atoms with van der Waals surface area (Å²) in [5.74, 6) is -9.21. The highest BCUT2D eigenvalue weighted by Crippen LogP contribution is 2.35. The third-order valence-electron chi connectivity index (χ3n) is 9.03. The van der Waals surface area contributed by atoms with Crippen LogP contribution in [0.5, 0.6) is 0 Å². The maximum atomic E-state index is 14.9. The molecule has 4 N–H and O–H groups in total. The number of nitrogens with zero attached hydrogens (tertiary/aromatic N) is 2. The first-order chi connectivity index (χ1) is 24.5. The van der Waals surface area contributed by atoms with E-state index in [1.807, 2.05) is 13.8 Å². The number of ketones is 1. The van der Waals surface area contributed by atoms with Gasteiger partial charge in [-0.25, -0.2) is 13.6 Å². The molecule has 16 heteroatoms. The quantitative estimate of drug-likeness (QED) is 0.187. The summed E-state index contributed by atoms with van der Waals surface area (Å²) in [6.45, 7) is 3.69. The molecule has 1 aromatic rings. The third kappa shape index (κ3) is 12.0. The first-order valence-electron chi connectivity index (χ1n) is 17.8. The van der Waals surface area contributed by atoms with E-state index in [1.165, 1.54) is 19.0 Å². The summed E-state index contributed by atoms with van der Waals surface area (Å²) in [6, 6.07) is 3.03. The summed E-state index contributed by atoms with van der Waals surface area (Å²) in [6.07, 6.45) is 2.02. The van der Waals surface area contributed by atoms with E-state index in [1.54, 1.807) is 37.3 Å². The Morgan fingerprint density at radius 1 is 0.962 bits per heavy atom. The standard InChI is InChI=1S/C36H52F2N6O8/c1-6-13-25(30(46)32(48)39-19-27(45)41-28(33(49)43(4)5)23-14-9-7-10-15-23)40-31(47)26-18-36(37,38)21-44(26)34(50)29(24-16-11-8-12-17-24)42-35(51)52-20-22(2)3/h7,9-10,14-15,22,24-26,28-29H,6,8,11-13,16-21H2,1-5H3,(H,39,48)(H,40,47)(H,41,45)(H,42,51)/t25?,26-,28-,29-/m0/s1. The number of hydrogen-bond donors (Lipinski definition) is 4. The normalized spacial score (nSPS) is 18.8. The topological polar surface area (TPSA) is 183 Å². The number of amides is 6. The Kier molecular flexibility index (Phi) is 15.5. The Bertz CT molecular complexity index is 1440. The molecule has 0 radical (unpaired) electrons. The number of ether oxygens (including phenoxy) is 1. The van der Waals surface area contributed by atoms with Crippen molar-refractivity contribution in [3.63, 3.8) is 0 Å². The van der Waals surface area contributed by atoms with Crippen molar-refractivity contribution >= 4 is 41.4 Å². The van der Waals surface area contributed by atoms with Crippen LogP contribution < -0.4 is 21.3 Å². The van der Waals surface area contributed by atoms with E-state index in [2.05, 4.69) is 21.3 Å². The van der Waals surface area contributed by atoms with Crippen molar-refractivity contribution in [1.82, 2.24) is 31.1 Å². The second-order valence-electron chi connectivity index (χ2n) is 14.1. The van der Waals surface area contributed by atoms with Gasteiger partial charge in [-0.2, -0.15) is 0 Å². The number of halogens is 2. The zero-order chi connectivity index (χ0) is 38.6. The van der Waals surface area contributed by atoms with Gasteiger partial charge in [0.25, 0.3) is 11.8 Å². The van der Waals surface area contributed by atoms with Gasteiger partial charge < -0.3 is 35.8 Å². The van der Waals surface area contributed by atoms with Crippen molar-refractivity contribution in [3.05, 3.63) is 35.9 Å². The average molecular weight is 735 g/mol. The Hall–Kier alpha value is -4.63. The van der Waals surface area contributed by atoms with Crippen LogP contribution in [0.2, 0.25) is 0 Å². The van der Waals surface area contributed by atoms with Crippen LogP contribution >= 0.6 is 0 Å². The summed E-state index contributed by atoms with van der Waals surface area (Å²) in [7, 11) is 3.04. The molecule has 0 spiro atoms. The zero-order valence-electron chi connectivity index (χ0n) is 30.5. The highest BCUT2D eigenvalue weighted by molar-refractivity contribution is 6.38. The van der Waals surface area contributed by atoms with E-state index in [-0.39, 0.29) is 24.9 Å². The Morgan fingerprint density at radius 2 is 1.62 bits per heavy atom. The molecule has 1 unspecified atom stereocenters. The van der Waals surface area contributed by atoms with Gasteiger partial charge in [0, 0.05) is 20.5 Å². The van der Waals surface area contributed by atoms with Crippen LogP contribution in [0.1, 0.15) is 83.7 Å². The summed E-state index contributed by atoms with van der Waals surface area (Å²) in [4.78, 5) is 93.8. The van der Waals surface area contributed by atoms with Crippen LogP contribution in [-0.4, -0.2) is 109 Å². The largest absolute Gasteiger partial charge is 0.449 e. The van der Waals surface area contributed by atoms with Crippen LogP contribution in [0, 0.1) is 11.8 Å². The molecule has 2 aliphatic rings.